The van der Waals surface area contributed by atoms with Gasteiger partial charge in [0.1, 0.15) is 5.78 Å². The molecule has 0 aromatic heterocycles. The molecule has 1 saturated carbocycles. The molecule has 0 saturated heterocycles. The SMILES string of the molecule is C[C@@H]1CC[C@@H](C)C1=O. The van der Waals surface area contributed by atoms with Crippen LogP contribution in [0.3, 0.4) is 0 Å². The maximum atomic E-state index is 10.9. The first-order valence-electron chi connectivity index (χ1n) is 3.25. The van der Waals surface area contributed by atoms with E-state index in [9.17, 15) is 4.79 Å². The molecule has 1 aliphatic rings. The maximum absolute atomic E-state index is 10.9. The summed E-state index contributed by atoms with van der Waals surface area (Å²) in [6.45, 7) is 4.04. The van der Waals surface area contributed by atoms with Gasteiger partial charge < -0.3 is 0 Å². The Balaban J connectivity index is 2.57. The van der Waals surface area contributed by atoms with E-state index in [1.807, 2.05) is 13.8 Å². The van der Waals surface area contributed by atoms with Crippen molar-refractivity contribution in [2.45, 2.75) is 26.7 Å². The zero-order chi connectivity index (χ0) is 6.15. The number of hydrogen-bond acceptors (Lipinski definition) is 1. The van der Waals surface area contributed by atoms with Crippen molar-refractivity contribution in [3.8, 4) is 0 Å². The molecule has 1 fully saturated rings. The van der Waals surface area contributed by atoms with Crippen LogP contribution in [0.1, 0.15) is 26.7 Å². The minimum Gasteiger partial charge on any atom is -0.299 e. The third-order valence-electron chi connectivity index (χ3n) is 2.00. The van der Waals surface area contributed by atoms with Gasteiger partial charge in [-0.25, -0.2) is 0 Å². The summed E-state index contributed by atoms with van der Waals surface area (Å²) >= 11 is 0. The number of rotatable bonds is 0. The van der Waals surface area contributed by atoms with Crippen LogP contribution in [-0.2, 0) is 4.79 Å². The molecule has 0 spiro atoms. The predicted octanol–water partition coefficient (Wildman–Crippen LogP) is 1.62. The summed E-state index contributed by atoms with van der Waals surface area (Å²) in [5, 5.41) is 0. The number of hydrogen-bond donors (Lipinski definition) is 0. The second kappa shape index (κ2) is 1.88. The van der Waals surface area contributed by atoms with E-state index in [2.05, 4.69) is 0 Å². The van der Waals surface area contributed by atoms with Gasteiger partial charge in [-0.2, -0.15) is 0 Å². The molecule has 0 heterocycles. The molecular weight excluding hydrogens is 100 g/mol. The van der Waals surface area contributed by atoms with Crippen LogP contribution in [0.15, 0.2) is 0 Å². The average Bonchev–Trinajstić information content (AvgIpc) is 1.98. The largest absolute Gasteiger partial charge is 0.299 e. The summed E-state index contributed by atoms with van der Waals surface area (Å²) in [4.78, 5) is 10.9. The molecule has 1 heteroatoms. The van der Waals surface area contributed by atoms with Gasteiger partial charge in [-0.3, -0.25) is 4.79 Å². The highest BCUT2D eigenvalue weighted by atomic mass is 16.1. The van der Waals surface area contributed by atoms with E-state index in [-0.39, 0.29) is 0 Å². The minimum absolute atomic E-state index is 0.352. The van der Waals surface area contributed by atoms with Gasteiger partial charge in [-0.15, -0.1) is 0 Å². The molecular formula is C7H12O. The molecule has 0 N–H and O–H groups in total. The van der Waals surface area contributed by atoms with E-state index < -0.39 is 0 Å². The second-order valence-corrected chi connectivity index (χ2v) is 2.78. The molecule has 0 aromatic rings. The van der Waals surface area contributed by atoms with Gasteiger partial charge in [0.05, 0.1) is 0 Å². The standard InChI is InChI=1S/C7H12O/c1-5-3-4-6(2)7(5)8/h5-6H,3-4H2,1-2H3/t5-,6-/m1/s1. The van der Waals surface area contributed by atoms with Crippen molar-refractivity contribution in [1.29, 1.82) is 0 Å². The fourth-order valence-electron chi connectivity index (χ4n) is 1.27. The molecule has 0 unspecified atom stereocenters. The monoisotopic (exact) mass is 112 g/mol. The summed E-state index contributed by atoms with van der Waals surface area (Å²) in [5.74, 6) is 1.17. The van der Waals surface area contributed by atoms with E-state index in [1.165, 1.54) is 0 Å². The molecule has 0 bridgehead atoms. The van der Waals surface area contributed by atoms with Crippen molar-refractivity contribution >= 4 is 5.78 Å². The summed E-state index contributed by atoms with van der Waals surface area (Å²) < 4.78 is 0. The van der Waals surface area contributed by atoms with Gasteiger partial charge in [-0.05, 0) is 12.8 Å². The van der Waals surface area contributed by atoms with Gasteiger partial charge in [0, 0.05) is 11.8 Å². The molecule has 0 aliphatic heterocycles. The van der Waals surface area contributed by atoms with Crippen LogP contribution in [0.4, 0.5) is 0 Å². The first-order valence-corrected chi connectivity index (χ1v) is 3.25. The molecule has 0 radical (unpaired) electrons. The summed E-state index contributed by atoms with van der Waals surface area (Å²) in [6.07, 6.45) is 2.22. The van der Waals surface area contributed by atoms with Gasteiger partial charge in [0.25, 0.3) is 0 Å². The zero-order valence-electron chi connectivity index (χ0n) is 5.48. The van der Waals surface area contributed by atoms with E-state index in [4.69, 9.17) is 0 Å². The van der Waals surface area contributed by atoms with Crippen molar-refractivity contribution in [3.63, 3.8) is 0 Å². The topological polar surface area (TPSA) is 17.1 Å². The molecule has 1 rings (SSSR count). The quantitative estimate of drug-likeness (QED) is 0.465. The molecule has 8 heavy (non-hydrogen) atoms. The molecule has 0 aromatic carbocycles. The fourth-order valence-corrected chi connectivity index (χ4v) is 1.27. The summed E-state index contributed by atoms with van der Waals surface area (Å²) in [5.41, 5.74) is 0. The lowest BCUT2D eigenvalue weighted by atomic mass is 10.1. The smallest absolute Gasteiger partial charge is 0.138 e. The highest BCUT2D eigenvalue weighted by Crippen LogP contribution is 2.25. The van der Waals surface area contributed by atoms with Crippen LogP contribution in [0, 0.1) is 11.8 Å². The van der Waals surface area contributed by atoms with Gasteiger partial charge in [-0.1, -0.05) is 13.8 Å². The Morgan fingerprint density at radius 2 is 1.62 bits per heavy atom. The Bertz CT molecular complexity index is 95.0. The van der Waals surface area contributed by atoms with E-state index in [0.29, 0.717) is 17.6 Å². The van der Waals surface area contributed by atoms with Crippen molar-refractivity contribution in [2.75, 3.05) is 0 Å². The molecule has 1 nitrogen and oxygen atoms in total. The van der Waals surface area contributed by atoms with Crippen molar-refractivity contribution in [3.05, 3.63) is 0 Å². The van der Waals surface area contributed by atoms with Crippen molar-refractivity contribution < 1.29 is 4.79 Å². The Morgan fingerprint density at radius 1 is 1.25 bits per heavy atom. The van der Waals surface area contributed by atoms with Crippen molar-refractivity contribution in [1.82, 2.24) is 0 Å². The van der Waals surface area contributed by atoms with Crippen LogP contribution in [0.5, 0.6) is 0 Å². The molecule has 1 aliphatic carbocycles. The average molecular weight is 112 g/mol. The lowest BCUT2D eigenvalue weighted by Gasteiger charge is -1.96. The Hall–Kier alpha value is -0.330. The lowest BCUT2D eigenvalue weighted by molar-refractivity contribution is -0.122. The highest BCUT2D eigenvalue weighted by Gasteiger charge is 2.26. The Labute approximate surface area is 50.1 Å². The number of Topliss-reactive ketones (excluding diaryl/α,β-unsaturated/α-hetero) is 1. The van der Waals surface area contributed by atoms with E-state index in [1.54, 1.807) is 0 Å². The number of ketones is 1. The summed E-state index contributed by atoms with van der Waals surface area (Å²) in [7, 11) is 0. The van der Waals surface area contributed by atoms with Crippen LogP contribution >= 0.6 is 0 Å². The van der Waals surface area contributed by atoms with Gasteiger partial charge in [0.2, 0.25) is 0 Å². The van der Waals surface area contributed by atoms with Crippen LogP contribution < -0.4 is 0 Å². The third-order valence-corrected chi connectivity index (χ3v) is 2.00. The minimum atomic E-state index is 0.352. The Kier molecular flexibility index (Phi) is 1.37. The zero-order valence-corrected chi connectivity index (χ0v) is 5.48. The van der Waals surface area contributed by atoms with Gasteiger partial charge in [0.15, 0.2) is 0 Å². The van der Waals surface area contributed by atoms with Crippen LogP contribution in [0.25, 0.3) is 0 Å². The lowest BCUT2D eigenvalue weighted by Crippen LogP contribution is -2.07. The predicted molar refractivity (Wildman–Crippen MR) is 32.6 cm³/mol. The first kappa shape index (κ1) is 5.80. The van der Waals surface area contributed by atoms with Gasteiger partial charge >= 0.3 is 0 Å². The summed E-state index contributed by atoms with van der Waals surface area (Å²) in [6, 6.07) is 0. The van der Waals surface area contributed by atoms with Crippen LogP contribution in [-0.4, -0.2) is 5.78 Å². The molecule has 0 amide bonds. The van der Waals surface area contributed by atoms with E-state index in [0.717, 1.165) is 12.8 Å². The maximum Gasteiger partial charge on any atom is 0.138 e. The normalized spacial score (nSPS) is 38.5. The first-order chi connectivity index (χ1) is 3.72. The number of carbonyl (C=O) groups is 1. The molecule has 2 atom stereocenters. The van der Waals surface area contributed by atoms with Crippen LogP contribution in [0.2, 0.25) is 0 Å². The fraction of sp³-hybridized carbons (Fsp3) is 0.857. The third kappa shape index (κ3) is 0.770. The molecule has 46 valence electrons. The van der Waals surface area contributed by atoms with Crippen molar-refractivity contribution in [2.24, 2.45) is 11.8 Å². The van der Waals surface area contributed by atoms with E-state index >= 15 is 0 Å². The number of carbonyl (C=O) groups excluding carboxylic acids is 1. The second-order valence-electron chi connectivity index (χ2n) is 2.78. The highest BCUT2D eigenvalue weighted by molar-refractivity contribution is 5.84. The Morgan fingerprint density at radius 3 is 1.75 bits per heavy atom.